The molecule has 0 unspecified atom stereocenters. The molecule has 1 aromatic carbocycles. The number of rotatable bonds is 2. The highest BCUT2D eigenvalue weighted by Gasteiger charge is 2.18. The molecular formula is C15H18N4OS. The summed E-state index contributed by atoms with van der Waals surface area (Å²) in [5.74, 6) is 2.74. The van der Waals surface area contributed by atoms with E-state index in [2.05, 4.69) is 10.4 Å². The molecule has 0 spiro atoms. The van der Waals surface area contributed by atoms with E-state index in [9.17, 15) is 4.79 Å². The Kier molecular flexibility index (Phi) is 4.15. The van der Waals surface area contributed by atoms with E-state index in [0.29, 0.717) is 0 Å². The zero-order chi connectivity index (χ0) is 14.7. The van der Waals surface area contributed by atoms with Crippen LogP contribution in [0, 0.1) is 0 Å². The maximum Gasteiger partial charge on any atom is 0.323 e. The highest BCUT2D eigenvalue weighted by atomic mass is 32.2. The summed E-state index contributed by atoms with van der Waals surface area (Å²) in [5, 5.41) is 7.41. The van der Waals surface area contributed by atoms with Gasteiger partial charge in [0.25, 0.3) is 0 Å². The molecular weight excluding hydrogens is 284 g/mol. The average molecular weight is 302 g/mol. The van der Waals surface area contributed by atoms with Crippen LogP contribution in [0.1, 0.15) is 0 Å². The molecule has 3 rings (SSSR count). The van der Waals surface area contributed by atoms with Gasteiger partial charge in [-0.05, 0) is 0 Å². The predicted octanol–water partition coefficient (Wildman–Crippen LogP) is 2.67. The monoisotopic (exact) mass is 302 g/mol. The molecule has 1 saturated heterocycles. The van der Waals surface area contributed by atoms with Gasteiger partial charge in [0.15, 0.2) is 0 Å². The van der Waals surface area contributed by atoms with Crippen LogP contribution in [0.4, 0.5) is 10.6 Å². The zero-order valence-corrected chi connectivity index (χ0v) is 12.8. The minimum atomic E-state index is -0.0436. The third kappa shape index (κ3) is 3.21. The smallest absolute Gasteiger partial charge is 0.323 e. The lowest BCUT2D eigenvalue weighted by atomic mass is 10.2. The Bertz CT molecular complexity index is 620. The summed E-state index contributed by atoms with van der Waals surface area (Å²) in [6.45, 7) is 1.61. The largest absolute Gasteiger partial charge is 0.323 e. The number of amides is 2. The van der Waals surface area contributed by atoms with E-state index in [-0.39, 0.29) is 6.03 Å². The summed E-state index contributed by atoms with van der Waals surface area (Å²) in [5.41, 5.74) is 1.91. The Morgan fingerprint density at radius 2 is 1.95 bits per heavy atom. The number of carbonyl (C=O) groups is 1. The second-order valence-electron chi connectivity index (χ2n) is 4.93. The fourth-order valence-electron chi connectivity index (χ4n) is 2.29. The molecule has 1 aromatic heterocycles. The summed E-state index contributed by atoms with van der Waals surface area (Å²) in [4.78, 5) is 14.1. The van der Waals surface area contributed by atoms with Crippen molar-refractivity contribution in [3.63, 3.8) is 0 Å². The van der Waals surface area contributed by atoms with E-state index in [1.165, 1.54) is 0 Å². The minimum absolute atomic E-state index is 0.0436. The van der Waals surface area contributed by atoms with Gasteiger partial charge in [0.2, 0.25) is 0 Å². The maximum atomic E-state index is 12.2. The van der Waals surface area contributed by atoms with E-state index in [0.717, 1.165) is 41.7 Å². The Morgan fingerprint density at radius 1 is 1.24 bits per heavy atom. The quantitative estimate of drug-likeness (QED) is 0.928. The molecule has 6 heteroatoms. The van der Waals surface area contributed by atoms with Crippen LogP contribution in [-0.2, 0) is 7.05 Å². The molecule has 110 valence electrons. The molecule has 0 aliphatic carbocycles. The molecule has 2 amide bonds. The van der Waals surface area contributed by atoms with Crippen molar-refractivity contribution in [2.24, 2.45) is 7.05 Å². The zero-order valence-electron chi connectivity index (χ0n) is 12.0. The standard InChI is InChI=1S/C15H18N4OS/c1-18-14(16-15(20)19-7-9-21-10-8-19)11-13(17-18)12-5-3-2-4-6-12/h2-6,11H,7-10H2,1H3,(H,16,20). The van der Waals surface area contributed by atoms with Gasteiger partial charge in [-0.25, -0.2) is 4.79 Å². The third-order valence-electron chi connectivity index (χ3n) is 3.48. The molecule has 5 nitrogen and oxygen atoms in total. The molecule has 2 heterocycles. The first-order chi connectivity index (χ1) is 10.2. The summed E-state index contributed by atoms with van der Waals surface area (Å²) in [6.07, 6.45) is 0. The number of carbonyl (C=O) groups excluding carboxylic acids is 1. The van der Waals surface area contributed by atoms with E-state index in [4.69, 9.17) is 0 Å². The summed E-state index contributed by atoms with van der Waals surface area (Å²) >= 11 is 1.89. The van der Waals surface area contributed by atoms with Crippen molar-refractivity contribution in [3.8, 4) is 11.3 Å². The van der Waals surface area contributed by atoms with Gasteiger partial charge in [-0.3, -0.25) is 10.00 Å². The number of benzene rings is 1. The van der Waals surface area contributed by atoms with Gasteiger partial charge < -0.3 is 4.90 Å². The van der Waals surface area contributed by atoms with Crippen molar-refractivity contribution in [2.45, 2.75) is 0 Å². The second-order valence-corrected chi connectivity index (χ2v) is 6.16. The summed E-state index contributed by atoms with van der Waals surface area (Å²) < 4.78 is 1.71. The fraction of sp³-hybridized carbons (Fsp3) is 0.333. The number of hydrogen-bond donors (Lipinski definition) is 1. The SMILES string of the molecule is Cn1nc(-c2ccccc2)cc1NC(=O)N1CCSCC1. The Balaban J connectivity index is 1.74. The van der Waals surface area contributed by atoms with E-state index in [1.54, 1.807) is 4.68 Å². The minimum Gasteiger partial charge on any atom is -0.323 e. The number of nitrogens with one attached hydrogen (secondary N) is 1. The summed E-state index contributed by atoms with van der Waals surface area (Å²) in [6, 6.07) is 11.8. The first-order valence-electron chi connectivity index (χ1n) is 6.97. The van der Waals surface area contributed by atoms with Crippen LogP contribution >= 0.6 is 11.8 Å². The number of thioether (sulfide) groups is 1. The lowest BCUT2D eigenvalue weighted by Gasteiger charge is -2.26. The number of nitrogens with zero attached hydrogens (tertiary/aromatic N) is 3. The average Bonchev–Trinajstić information content (AvgIpc) is 2.90. The predicted molar refractivity (Wildman–Crippen MR) is 86.6 cm³/mol. The van der Waals surface area contributed by atoms with Crippen molar-refractivity contribution in [1.82, 2.24) is 14.7 Å². The van der Waals surface area contributed by atoms with Crippen LogP contribution in [0.3, 0.4) is 0 Å². The molecule has 2 aromatic rings. The lowest BCUT2D eigenvalue weighted by molar-refractivity contribution is 0.217. The van der Waals surface area contributed by atoms with Crippen molar-refractivity contribution in [2.75, 3.05) is 29.9 Å². The van der Waals surface area contributed by atoms with Gasteiger partial charge in [0.1, 0.15) is 5.82 Å². The first-order valence-corrected chi connectivity index (χ1v) is 8.12. The van der Waals surface area contributed by atoms with Crippen LogP contribution in [0.15, 0.2) is 36.4 Å². The Hall–Kier alpha value is -1.95. The number of hydrogen-bond acceptors (Lipinski definition) is 3. The van der Waals surface area contributed by atoms with Crippen LogP contribution < -0.4 is 5.32 Å². The fourth-order valence-corrected chi connectivity index (χ4v) is 3.19. The first kappa shape index (κ1) is 14.0. The third-order valence-corrected chi connectivity index (χ3v) is 4.43. The van der Waals surface area contributed by atoms with Crippen LogP contribution in [0.5, 0.6) is 0 Å². The van der Waals surface area contributed by atoms with Crippen LogP contribution in [-0.4, -0.2) is 45.3 Å². The van der Waals surface area contributed by atoms with Gasteiger partial charge in [-0.2, -0.15) is 16.9 Å². The topological polar surface area (TPSA) is 50.2 Å². The van der Waals surface area contributed by atoms with Crippen LogP contribution in [0.25, 0.3) is 11.3 Å². The van der Waals surface area contributed by atoms with Gasteiger partial charge in [0.05, 0.1) is 5.69 Å². The number of urea groups is 1. The molecule has 0 saturated carbocycles. The number of anilines is 1. The molecule has 1 N–H and O–H groups in total. The molecule has 0 bridgehead atoms. The normalized spacial score (nSPS) is 15.0. The molecule has 0 atom stereocenters. The van der Waals surface area contributed by atoms with Gasteiger partial charge in [-0.1, -0.05) is 30.3 Å². The van der Waals surface area contributed by atoms with Gasteiger partial charge in [-0.15, -0.1) is 0 Å². The molecule has 1 aliphatic rings. The van der Waals surface area contributed by atoms with E-state index >= 15 is 0 Å². The van der Waals surface area contributed by atoms with Crippen molar-refractivity contribution in [3.05, 3.63) is 36.4 Å². The van der Waals surface area contributed by atoms with Crippen molar-refractivity contribution < 1.29 is 4.79 Å². The highest BCUT2D eigenvalue weighted by molar-refractivity contribution is 7.99. The van der Waals surface area contributed by atoms with Crippen LogP contribution in [0.2, 0.25) is 0 Å². The van der Waals surface area contributed by atoms with Crippen molar-refractivity contribution in [1.29, 1.82) is 0 Å². The Morgan fingerprint density at radius 3 is 2.67 bits per heavy atom. The number of aryl methyl sites for hydroxylation is 1. The molecule has 21 heavy (non-hydrogen) atoms. The molecule has 1 aliphatic heterocycles. The Labute approximate surface area is 128 Å². The molecule has 1 fully saturated rings. The lowest BCUT2D eigenvalue weighted by Crippen LogP contribution is -2.40. The highest BCUT2D eigenvalue weighted by Crippen LogP contribution is 2.21. The van der Waals surface area contributed by atoms with Gasteiger partial charge >= 0.3 is 6.03 Å². The van der Waals surface area contributed by atoms with Crippen molar-refractivity contribution >= 4 is 23.6 Å². The summed E-state index contributed by atoms with van der Waals surface area (Å²) in [7, 11) is 1.84. The van der Waals surface area contributed by atoms with E-state index in [1.807, 2.05) is 60.1 Å². The van der Waals surface area contributed by atoms with Gasteiger partial charge in [0, 0.05) is 43.3 Å². The molecule has 0 radical (unpaired) electrons. The second kappa shape index (κ2) is 6.22. The maximum absolute atomic E-state index is 12.2. The number of aromatic nitrogens is 2. The van der Waals surface area contributed by atoms with E-state index < -0.39 is 0 Å².